The number of para-hydroxylation sites is 2. The molecule has 1 N–H and O–H groups in total. The zero-order chi connectivity index (χ0) is 15.9. The number of amides is 1. The van der Waals surface area contributed by atoms with Gasteiger partial charge in [0.15, 0.2) is 18.1 Å². The van der Waals surface area contributed by atoms with E-state index in [2.05, 4.69) is 37.2 Å². The summed E-state index contributed by atoms with van der Waals surface area (Å²) in [6, 6.07) is 12.8. The second-order valence-corrected chi connectivity index (χ2v) is 6.11. The number of ether oxygens (including phenoxy) is 2. The molecule has 6 heteroatoms. The van der Waals surface area contributed by atoms with E-state index < -0.39 is 0 Å². The number of nitrogens with one attached hydrogen (secondary N) is 1. The lowest BCUT2D eigenvalue weighted by Gasteiger charge is -2.12. The van der Waals surface area contributed by atoms with Crippen LogP contribution >= 0.6 is 31.9 Å². The molecule has 0 bridgehead atoms. The molecule has 0 aliphatic carbocycles. The summed E-state index contributed by atoms with van der Waals surface area (Å²) in [5, 5.41) is 2.79. The second kappa shape index (κ2) is 8.19. The molecule has 0 atom stereocenters. The van der Waals surface area contributed by atoms with Gasteiger partial charge in [-0.25, -0.2) is 0 Å². The number of benzene rings is 2. The van der Waals surface area contributed by atoms with Crippen molar-refractivity contribution < 1.29 is 14.3 Å². The van der Waals surface area contributed by atoms with Gasteiger partial charge >= 0.3 is 0 Å². The van der Waals surface area contributed by atoms with Crippen molar-refractivity contribution in [3.05, 3.63) is 51.4 Å². The summed E-state index contributed by atoms with van der Waals surface area (Å²) < 4.78 is 12.7. The van der Waals surface area contributed by atoms with Crippen molar-refractivity contribution in [2.45, 2.75) is 6.92 Å². The Balaban J connectivity index is 1.95. The summed E-state index contributed by atoms with van der Waals surface area (Å²) in [5.74, 6) is 0.936. The molecule has 0 fully saturated rings. The van der Waals surface area contributed by atoms with E-state index in [1.165, 1.54) is 0 Å². The van der Waals surface area contributed by atoms with Gasteiger partial charge in [-0.1, -0.05) is 28.1 Å². The SMILES string of the molecule is CCOc1ccccc1OCC(=O)Nc1ccc(Br)cc1Br. The number of halogens is 2. The van der Waals surface area contributed by atoms with Crippen LogP contribution in [0.1, 0.15) is 6.92 Å². The Hall–Kier alpha value is -1.53. The summed E-state index contributed by atoms with van der Waals surface area (Å²) in [6.45, 7) is 2.35. The Kier molecular flexibility index (Phi) is 6.27. The molecule has 0 aromatic heterocycles. The van der Waals surface area contributed by atoms with Crippen LogP contribution in [0.3, 0.4) is 0 Å². The van der Waals surface area contributed by atoms with Crippen molar-refractivity contribution in [2.75, 3.05) is 18.5 Å². The van der Waals surface area contributed by atoms with Gasteiger partial charge in [-0.15, -0.1) is 0 Å². The lowest BCUT2D eigenvalue weighted by atomic mass is 10.3. The first-order chi connectivity index (χ1) is 10.6. The van der Waals surface area contributed by atoms with Crippen molar-refractivity contribution >= 4 is 43.5 Å². The number of carbonyl (C=O) groups is 1. The summed E-state index contributed by atoms with van der Waals surface area (Å²) in [5.41, 5.74) is 0.690. The fourth-order valence-electron chi connectivity index (χ4n) is 1.76. The van der Waals surface area contributed by atoms with E-state index in [1.807, 2.05) is 37.3 Å². The molecular weight excluding hydrogens is 414 g/mol. The molecule has 0 spiro atoms. The van der Waals surface area contributed by atoms with E-state index in [-0.39, 0.29) is 12.5 Å². The number of carbonyl (C=O) groups excluding carboxylic acids is 1. The molecule has 0 saturated carbocycles. The fourth-order valence-corrected chi connectivity index (χ4v) is 2.91. The van der Waals surface area contributed by atoms with Crippen molar-refractivity contribution in [3.8, 4) is 11.5 Å². The smallest absolute Gasteiger partial charge is 0.262 e. The number of hydrogen-bond acceptors (Lipinski definition) is 3. The van der Waals surface area contributed by atoms with Crippen LogP contribution in [0.4, 0.5) is 5.69 Å². The van der Waals surface area contributed by atoms with Crippen molar-refractivity contribution in [1.82, 2.24) is 0 Å². The summed E-state index contributed by atoms with van der Waals surface area (Å²) >= 11 is 6.76. The van der Waals surface area contributed by atoms with Gasteiger partial charge in [0.2, 0.25) is 0 Å². The Morgan fingerprint density at radius 2 is 1.77 bits per heavy atom. The fraction of sp³-hybridized carbons (Fsp3) is 0.188. The highest BCUT2D eigenvalue weighted by Gasteiger charge is 2.09. The Morgan fingerprint density at radius 3 is 2.41 bits per heavy atom. The number of rotatable bonds is 6. The van der Waals surface area contributed by atoms with Gasteiger partial charge in [-0.05, 0) is 53.2 Å². The van der Waals surface area contributed by atoms with E-state index >= 15 is 0 Å². The van der Waals surface area contributed by atoms with E-state index in [1.54, 1.807) is 12.1 Å². The van der Waals surface area contributed by atoms with Gasteiger partial charge in [0.25, 0.3) is 5.91 Å². The normalized spacial score (nSPS) is 10.1. The van der Waals surface area contributed by atoms with Gasteiger partial charge < -0.3 is 14.8 Å². The van der Waals surface area contributed by atoms with Crippen LogP contribution in [-0.4, -0.2) is 19.1 Å². The molecule has 0 aliphatic rings. The van der Waals surface area contributed by atoms with Crippen molar-refractivity contribution in [1.29, 1.82) is 0 Å². The minimum Gasteiger partial charge on any atom is -0.490 e. The van der Waals surface area contributed by atoms with Gasteiger partial charge in [-0.2, -0.15) is 0 Å². The molecule has 2 rings (SSSR count). The first-order valence-electron chi connectivity index (χ1n) is 6.69. The third-order valence-corrected chi connectivity index (χ3v) is 3.86. The second-order valence-electron chi connectivity index (χ2n) is 4.34. The summed E-state index contributed by atoms with van der Waals surface area (Å²) in [7, 11) is 0. The lowest BCUT2D eigenvalue weighted by Crippen LogP contribution is -2.20. The van der Waals surface area contributed by atoms with E-state index in [0.29, 0.717) is 23.8 Å². The Morgan fingerprint density at radius 1 is 1.09 bits per heavy atom. The first-order valence-corrected chi connectivity index (χ1v) is 8.28. The summed E-state index contributed by atoms with van der Waals surface area (Å²) in [4.78, 5) is 12.0. The van der Waals surface area contributed by atoms with Crippen LogP contribution in [0.2, 0.25) is 0 Å². The van der Waals surface area contributed by atoms with Crippen LogP contribution in [0.15, 0.2) is 51.4 Å². The van der Waals surface area contributed by atoms with Crippen LogP contribution < -0.4 is 14.8 Å². The van der Waals surface area contributed by atoms with Crippen LogP contribution in [0, 0.1) is 0 Å². The number of anilines is 1. The quantitative estimate of drug-likeness (QED) is 0.729. The molecule has 2 aromatic carbocycles. The average molecular weight is 429 g/mol. The average Bonchev–Trinajstić information content (AvgIpc) is 2.49. The highest BCUT2D eigenvalue weighted by atomic mass is 79.9. The summed E-state index contributed by atoms with van der Waals surface area (Å²) in [6.07, 6.45) is 0. The molecular formula is C16H15Br2NO3. The highest BCUT2D eigenvalue weighted by Crippen LogP contribution is 2.27. The maximum Gasteiger partial charge on any atom is 0.262 e. The van der Waals surface area contributed by atoms with Gasteiger partial charge in [0.05, 0.1) is 12.3 Å². The minimum atomic E-state index is -0.241. The maximum absolute atomic E-state index is 12.0. The van der Waals surface area contributed by atoms with Crippen LogP contribution in [0.25, 0.3) is 0 Å². The largest absolute Gasteiger partial charge is 0.490 e. The maximum atomic E-state index is 12.0. The van der Waals surface area contributed by atoms with Crippen LogP contribution in [0.5, 0.6) is 11.5 Å². The third kappa shape index (κ3) is 4.74. The monoisotopic (exact) mass is 427 g/mol. The highest BCUT2D eigenvalue weighted by molar-refractivity contribution is 9.11. The molecule has 0 saturated heterocycles. The van der Waals surface area contributed by atoms with E-state index in [0.717, 1.165) is 8.95 Å². The topological polar surface area (TPSA) is 47.6 Å². The van der Waals surface area contributed by atoms with Crippen molar-refractivity contribution in [2.24, 2.45) is 0 Å². The van der Waals surface area contributed by atoms with Gasteiger partial charge in [0, 0.05) is 8.95 Å². The molecule has 1 amide bonds. The molecule has 0 unspecified atom stereocenters. The molecule has 2 aromatic rings. The first kappa shape index (κ1) is 16.8. The predicted molar refractivity (Wildman–Crippen MR) is 93.6 cm³/mol. The van der Waals surface area contributed by atoms with Crippen LogP contribution in [-0.2, 0) is 4.79 Å². The van der Waals surface area contributed by atoms with E-state index in [9.17, 15) is 4.79 Å². The Labute approximate surface area is 146 Å². The zero-order valence-corrected chi connectivity index (χ0v) is 15.1. The molecule has 22 heavy (non-hydrogen) atoms. The third-order valence-electron chi connectivity index (χ3n) is 2.71. The minimum absolute atomic E-state index is 0.0907. The lowest BCUT2D eigenvalue weighted by molar-refractivity contribution is -0.118. The van der Waals surface area contributed by atoms with E-state index in [4.69, 9.17) is 9.47 Å². The van der Waals surface area contributed by atoms with Gasteiger partial charge in [-0.3, -0.25) is 4.79 Å². The number of hydrogen-bond donors (Lipinski definition) is 1. The molecule has 116 valence electrons. The molecule has 0 aliphatic heterocycles. The predicted octanol–water partition coefficient (Wildman–Crippen LogP) is 4.63. The molecule has 0 heterocycles. The van der Waals surface area contributed by atoms with Gasteiger partial charge in [0.1, 0.15) is 0 Å². The standard InChI is InChI=1S/C16H15Br2NO3/c1-2-21-14-5-3-4-6-15(14)22-10-16(20)19-13-8-7-11(17)9-12(13)18/h3-9H,2,10H2,1H3,(H,19,20). The zero-order valence-electron chi connectivity index (χ0n) is 11.9. The molecule has 4 nitrogen and oxygen atoms in total. The van der Waals surface area contributed by atoms with Crippen molar-refractivity contribution in [3.63, 3.8) is 0 Å². The molecule has 0 radical (unpaired) electrons. The Bertz CT molecular complexity index is 662.